The lowest BCUT2D eigenvalue weighted by molar-refractivity contribution is 0.451. The van der Waals surface area contributed by atoms with Crippen molar-refractivity contribution in [2.75, 3.05) is 0 Å². The number of hydrogen-bond acceptors (Lipinski definition) is 5. The third-order valence-corrected chi connectivity index (χ3v) is 2.41. The van der Waals surface area contributed by atoms with Gasteiger partial charge in [0.2, 0.25) is 11.6 Å². The standard InChI is InChI=1S/C10H7ClN4O2S/c11-5-2-1-3-6(4-5)14-15-7-8(16)12-10(18)13-9(7)17/h1-4H,(H3,12,13,16,17,18). The van der Waals surface area contributed by atoms with Gasteiger partial charge in [0, 0.05) is 5.02 Å². The van der Waals surface area contributed by atoms with E-state index in [1.54, 1.807) is 24.3 Å². The van der Waals surface area contributed by atoms with Gasteiger partial charge in [-0.15, -0.1) is 5.11 Å². The zero-order chi connectivity index (χ0) is 13.1. The first-order chi connectivity index (χ1) is 8.56. The zero-order valence-corrected chi connectivity index (χ0v) is 10.4. The van der Waals surface area contributed by atoms with E-state index in [1.165, 1.54) is 0 Å². The van der Waals surface area contributed by atoms with Crippen molar-refractivity contribution in [3.05, 3.63) is 44.4 Å². The summed E-state index contributed by atoms with van der Waals surface area (Å²) in [6.45, 7) is 0. The number of nitrogens with one attached hydrogen (secondary N) is 2. The van der Waals surface area contributed by atoms with E-state index in [0.29, 0.717) is 10.7 Å². The fraction of sp³-hybridized carbons (Fsp3) is 0. The minimum atomic E-state index is -0.623. The Labute approximate surface area is 111 Å². The molecule has 0 atom stereocenters. The number of hydrogen-bond donors (Lipinski definition) is 3. The molecule has 3 N–H and O–H groups in total. The maximum atomic E-state index is 11.5. The second-order valence-electron chi connectivity index (χ2n) is 3.29. The van der Waals surface area contributed by atoms with E-state index in [9.17, 15) is 9.90 Å². The molecule has 0 radical (unpaired) electrons. The lowest BCUT2D eigenvalue weighted by Crippen LogP contribution is -2.06. The number of nitrogens with zero attached hydrogens (tertiary/aromatic N) is 2. The third kappa shape index (κ3) is 2.82. The Hall–Kier alpha value is -1.99. The van der Waals surface area contributed by atoms with E-state index in [0.717, 1.165) is 0 Å². The van der Waals surface area contributed by atoms with E-state index in [4.69, 9.17) is 11.6 Å². The van der Waals surface area contributed by atoms with Crippen molar-refractivity contribution in [3.63, 3.8) is 0 Å². The van der Waals surface area contributed by atoms with Gasteiger partial charge in [-0.2, -0.15) is 5.11 Å². The van der Waals surface area contributed by atoms with E-state index in [2.05, 4.69) is 32.4 Å². The number of aromatic hydroxyl groups is 1. The first-order valence-electron chi connectivity index (χ1n) is 4.79. The van der Waals surface area contributed by atoms with E-state index >= 15 is 0 Å². The van der Waals surface area contributed by atoms with Crippen LogP contribution in [0.4, 0.5) is 11.4 Å². The number of H-pyrrole nitrogens is 2. The first kappa shape index (κ1) is 12.5. The lowest BCUT2D eigenvalue weighted by Gasteiger charge is -1.96. The molecule has 2 rings (SSSR count). The molecule has 0 bridgehead atoms. The van der Waals surface area contributed by atoms with Crippen LogP contribution in [0.25, 0.3) is 0 Å². The van der Waals surface area contributed by atoms with Gasteiger partial charge in [-0.3, -0.25) is 9.78 Å². The van der Waals surface area contributed by atoms with Gasteiger partial charge in [-0.25, -0.2) is 0 Å². The molecule has 0 aliphatic carbocycles. The minimum Gasteiger partial charge on any atom is -0.493 e. The van der Waals surface area contributed by atoms with Crippen molar-refractivity contribution < 1.29 is 5.11 Å². The SMILES string of the molecule is O=c1[nH]c(=S)[nH]c(O)c1N=Nc1cccc(Cl)c1. The largest absolute Gasteiger partial charge is 0.493 e. The Morgan fingerprint density at radius 2 is 2.06 bits per heavy atom. The molecule has 0 amide bonds. The number of benzene rings is 1. The van der Waals surface area contributed by atoms with Crippen LogP contribution in [-0.4, -0.2) is 15.1 Å². The first-order valence-corrected chi connectivity index (χ1v) is 5.58. The van der Waals surface area contributed by atoms with Crippen molar-refractivity contribution in [2.45, 2.75) is 0 Å². The molecule has 18 heavy (non-hydrogen) atoms. The molecule has 8 heteroatoms. The molecule has 1 heterocycles. The molecule has 92 valence electrons. The lowest BCUT2D eigenvalue weighted by atomic mass is 10.3. The fourth-order valence-electron chi connectivity index (χ4n) is 1.21. The van der Waals surface area contributed by atoms with Crippen molar-refractivity contribution in [2.24, 2.45) is 10.2 Å². The highest BCUT2D eigenvalue weighted by molar-refractivity contribution is 7.71. The summed E-state index contributed by atoms with van der Waals surface area (Å²) in [4.78, 5) is 16.1. The molecule has 0 unspecified atom stereocenters. The summed E-state index contributed by atoms with van der Waals surface area (Å²) < 4.78 is 0.0132. The van der Waals surface area contributed by atoms with Gasteiger partial charge in [-0.1, -0.05) is 17.7 Å². The zero-order valence-electron chi connectivity index (χ0n) is 8.85. The molecule has 6 nitrogen and oxygen atoms in total. The summed E-state index contributed by atoms with van der Waals surface area (Å²) in [6, 6.07) is 6.61. The van der Waals surface area contributed by atoms with Crippen LogP contribution in [0.5, 0.6) is 5.88 Å². The van der Waals surface area contributed by atoms with Crippen molar-refractivity contribution in [1.82, 2.24) is 9.97 Å². The van der Waals surface area contributed by atoms with Gasteiger partial charge in [0.05, 0.1) is 5.69 Å². The number of halogens is 1. The van der Waals surface area contributed by atoms with Gasteiger partial charge >= 0.3 is 0 Å². The van der Waals surface area contributed by atoms with Gasteiger partial charge in [0.15, 0.2) is 4.77 Å². The van der Waals surface area contributed by atoms with Crippen LogP contribution in [-0.2, 0) is 0 Å². The molecule has 0 aliphatic heterocycles. The Kier molecular flexibility index (Phi) is 3.54. The summed E-state index contributed by atoms with van der Waals surface area (Å²) in [5, 5.41) is 17.4. The molecule has 0 saturated carbocycles. The summed E-state index contributed by atoms with van der Waals surface area (Å²) >= 11 is 10.5. The van der Waals surface area contributed by atoms with E-state index < -0.39 is 11.4 Å². The van der Waals surface area contributed by atoms with Crippen LogP contribution in [0, 0.1) is 4.77 Å². The van der Waals surface area contributed by atoms with Gasteiger partial charge in [0.25, 0.3) is 5.56 Å². The molecule has 0 spiro atoms. The Bertz CT molecular complexity index is 722. The van der Waals surface area contributed by atoms with Gasteiger partial charge in [-0.05, 0) is 30.4 Å². The molecule has 1 aromatic heterocycles. The second-order valence-corrected chi connectivity index (χ2v) is 4.13. The van der Waals surface area contributed by atoms with Crippen molar-refractivity contribution >= 4 is 35.2 Å². The highest BCUT2D eigenvalue weighted by Gasteiger charge is 2.05. The van der Waals surface area contributed by atoms with E-state index in [1.807, 2.05) is 0 Å². The van der Waals surface area contributed by atoms with Gasteiger partial charge in [0.1, 0.15) is 0 Å². The average Bonchev–Trinajstić information content (AvgIpc) is 2.27. The molecule has 0 aliphatic rings. The Balaban J connectivity index is 2.41. The molecular weight excluding hydrogens is 276 g/mol. The maximum absolute atomic E-state index is 11.5. The van der Waals surface area contributed by atoms with Crippen molar-refractivity contribution in [3.8, 4) is 5.88 Å². The monoisotopic (exact) mass is 282 g/mol. The summed E-state index contributed by atoms with van der Waals surface area (Å²) in [5.74, 6) is -0.436. The smallest absolute Gasteiger partial charge is 0.283 e. The Morgan fingerprint density at radius 1 is 1.28 bits per heavy atom. The number of rotatable bonds is 2. The highest BCUT2D eigenvalue weighted by atomic mass is 35.5. The number of azo groups is 1. The summed E-state index contributed by atoms with van der Waals surface area (Å²) in [7, 11) is 0. The predicted octanol–water partition coefficient (Wildman–Crippen LogP) is 3.21. The number of aromatic amines is 2. The van der Waals surface area contributed by atoms with Crippen LogP contribution < -0.4 is 5.56 Å². The molecule has 2 aromatic rings. The topological polar surface area (TPSA) is 93.6 Å². The normalized spacial score (nSPS) is 10.9. The van der Waals surface area contributed by atoms with E-state index in [-0.39, 0.29) is 10.5 Å². The van der Waals surface area contributed by atoms with Crippen LogP contribution in [0.15, 0.2) is 39.3 Å². The molecule has 0 saturated heterocycles. The van der Waals surface area contributed by atoms with Crippen LogP contribution in [0.1, 0.15) is 0 Å². The fourth-order valence-corrected chi connectivity index (χ4v) is 1.58. The summed E-state index contributed by atoms with van der Waals surface area (Å²) in [6.07, 6.45) is 0. The molecule has 0 fully saturated rings. The predicted molar refractivity (Wildman–Crippen MR) is 69.5 cm³/mol. The number of aromatic nitrogens is 2. The van der Waals surface area contributed by atoms with Crippen LogP contribution in [0.2, 0.25) is 5.02 Å². The average molecular weight is 283 g/mol. The maximum Gasteiger partial charge on any atom is 0.283 e. The summed E-state index contributed by atoms with van der Waals surface area (Å²) in [5.41, 5.74) is -0.408. The molecule has 1 aromatic carbocycles. The third-order valence-electron chi connectivity index (χ3n) is 1.97. The van der Waals surface area contributed by atoms with Crippen molar-refractivity contribution in [1.29, 1.82) is 0 Å². The minimum absolute atomic E-state index is 0.0132. The quantitative estimate of drug-likeness (QED) is 0.583. The van der Waals surface area contributed by atoms with Crippen LogP contribution in [0.3, 0.4) is 0 Å². The van der Waals surface area contributed by atoms with Gasteiger partial charge < -0.3 is 10.1 Å². The van der Waals surface area contributed by atoms with Crippen LogP contribution >= 0.6 is 23.8 Å². The Morgan fingerprint density at radius 3 is 2.72 bits per heavy atom. The highest BCUT2D eigenvalue weighted by Crippen LogP contribution is 2.22. The second kappa shape index (κ2) is 5.11. The molecular formula is C10H7ClN4O2S.